The first-order valence-electron chi connectivity index (χ1n) is 7.56. The molecule has 0 atom stereocenters. The van der Waals surface area contributed by atoms with Crippen LogP contribution in [-0.2, 0) is 6.54 Å². The fraction of sp³-hybridized carbons (Fsp3) is 0.211. The van der Waals surface area contributed by atoms with E-state index in [0.29, 0.717) is 0 Å². The highest BCUT2D eigenvalue weighted by atomic mass is 15.3. The first kappa shape index (κ1) is 14.4. The van der Waals surface area contributed by atoms with Crippen LogP contribution in [0.2, 0.25) is 0 Å². The summed E-state index contributed by atoms with van der Waals surface area (Å²) in [7, 11) is 0. The number of benzene rings is 2. The molecule has 22 heavy (non-hydrogen) atoms. The molecule has 0 amide bonds. The largest absolute Gasteiger partial charge is 0.381 e. The van der Waals surface area contributed by atoms with Gasteiger partial charge in [-0.1, -0.05) is 35.9 Å². The average molecular weight is 291 g/mol. The number of aromatic nitrogens is 2. The molecule has 1 heterocycles. The van der Waals surface area contributed by atoms with Crippen molar-refractivity contribution in [3.05, 3.63) is 77.1 Å². The lowest BCUT2D eigenvalue weighted by molar-refractivity contribution is 0.833. The molecule has 3 heteroatoms. The van der Waals surface area contributed by atoms with Gasteiger partial charge in [0.1, 0.15) is 0 Å². The fourth-order valence-electron chi connectivity index (χ4n) is 2.61. The molecule has 0 saturated heterocycles. The van der Waals surface area contributed by atoms with E-state index in [9.17, 15) is 0 Å². The van der Waals surface area contributed by atoms with E-state index in [2.05, 4.69) is 67.6 Å². The van der Waals surface area contributed by atoms with Crippen LogP contribution in [0, 0.1) is 20.8 Å². The van der Waals surface area contributed by atoms with Gasteiger partial charge in [0.15, 0.2) is 0 Å². The molecule has 112 valence electrons. The van der Waals surface area contributed by atoms with Crippen LogP contribution in [0.25, 0.3) is 5.69 Å². The minimum absolute atomic E-state index is 0.785. The smallest absolute Gasteiger partial charge is 0.0650 e. The number of hydrogen-bond acceptors (Lipinski definition) is 2. The van der Waals surface area contributed by atoms with E-state index < -0.39 is 0 Å². The van der Waals surface area contributed by atoms with Gasteiger partial charge < -0.3 is 5.32 Å². The minimum Gasteiger partial charge on any atom is -0.381 e. The van der Waals surface area contributed by atoms with E-state index >= 15 is 0 Å². The molecule has 0 bridgehead atoms. The van der Waals surface area contributed by atoms with Crippen LogP contribution in [0.1, 0.15) is 22.5 Å². The van der Waals surface area contributed by atoms with E-state index in [0.717, 1.165) is 23.6 Å². The van der Waals surface area contributed by atoms with Crippen LogP contribution in [0.5, 0.6) is 0 Å². The summed E-state index contributed by atoms with van der Waals surface area (Å²) in [6, 6.07) is 18.7. The Hall–Kier alpha value is -2.55. The average Bonchev–Trinajstić information content (AvgIpc) is 2.82. The quantitative estimate of drug-likeness (QED) is 0.771. The van der Waals surface area contributed by atoms with Gasteiger partial charge in [0.05, 0.1) is 11.4 Å². The van der Waals surface area contributed by atoms with Crippen molar-refractivity contribution < 1.29 is 0 Å². The van der Waals surface area contributed by atoms with E-state index in [-0.39, 0.29) is 0 Å². The van der Waals surface area contributed by atoms with E-state index in [4.69, 9.17) is 0 Å². The Morgan fingerprint density at radius 2 is 1.59 bits per heavy atom. The molecular formula is C19H21N3. The lowest BCUT2D eigenvalue weighted by Crippen LogP contribution is -2.03. The first-order valence-corrected chi connectivity index (χ1v) is 7.56. The number of para-hydroxylation sites is 1. The number of rotatable bonds is 4. The Balaban J connectivity index is 1.83. The summed E-state index contributed by atoms with van der Waals surface area (Å²) in [6.45, 7) is 7.08. The first-order chi connectivity index (χ1) is 10.6. The summed E-state index contributed by atoms with van der Waals surface area (Å²) < 4.78 is 2.02. The van der Waals surface area contributed by atoms with Crippen LogP contribution in [0.3, 0.4) is 0 Å². The number of anilines is 1. The lowest BCUT2D eigenvalue weighted by atomic mass is 10.2. The predicted octanol–water partition coefficient (Wildman–Crippen LogP) is 4.41. The van der Waals surface area contributed by atoms with Crippen LogP contribution < -0.4 is 5.32 Å². The lowest BCUT2D eigenvalue weighted by Gasteiger charge is -2.08. The topological polar surface area (TPSA) is 29.9 Å². The van der Waals surface area contributed by atoms with Gasteiger partial charge in [-0.05, 0) is 45.0 Å². The fourth-order valence-corrected chi connectivity index (χ4v) is 2.61. The molecular weight excluding hydrogens is 270 g/mol. The maximum absolute atomic E-state index is 4.68. The molecule has 0 fully saturated rings. The molecule has 0 radical (unpaired) electrons. The summed E-state index contributed by atoms with van der Waals surface area (Å²) >= 11 is 0. The maximum atomic E-state index is 4.68. The van der Waals surface area contributed by atoms with Crippen molar-refractivity contribution in [3.63, 3.8) is 0 Å². The number of nitrogens with zero attached hydrogens (tertiary/aromatic N) is 2. The van der Waals surface area contributed by atoms with Crippen LogP contribution in [0.15, 0.2) is 54.6 Å². The highest BCUT2D eigenvalue weighted by molar-refractivity contribution is 5.46. The zero-order valence-corrected chi connectivity index (χ0v) is 13.3. The molecule has 1 N–H and O–H groups in total. The van der Waals surface area contributed by atoms with Gasteiger partial charge in [-0.15, -0.1) is 0 Å². The predicted molar refractivity (Wildman–Crippen MR) is 91.5 cm³/mol. The number of nitrogens with one attached hydrogen (secondary N) is 1. The Morgan fingerprint density at radius 3 is 2.27 bits per heavy atom. The van der Waals surface area contributed by atoms with Crippen molar-refractivity contribution in [3.8, 4) is 5.69 Å². The highest BCUT2D eigenvalue weighted by Gasteiger charge is 2.12. The molecule has 0 aliphatic rings. The minimum atomic E-state index is 0.785. The van der Waals surface area contributed by atoms with Crippen molar-refractivity contribution >= 4 is 5.69 Å². The standard InChI is InChI=1S/C19H21N3/c1-14-9-11-17(12-10-14)20-13-19-15(2)21-22(16(19)3)18-7-5-4-6-8-18/h4-12,20H,13H2,1-3H3. The SMILES string of the molecule is Cc1ccc(NCc2c(C)nn(-c3ccccc3)c2C)cc1. The van der Waals surface area contributed by atoms with Crippen molar-refractivity contribution in [1.82, 2.24) is 9.78 Å². The summed E-state index contributed by atoms with van der Waals surface area (Å²) in [4.78, 5) is 0. The van der Waals surface area contributed by atoms with Crippen LogP contribution >= 0.6 is 0 Å². The van der Waals surface area contributed by atoms with Gasteiger partial charge in [-0.3, -0.25) is 0 Å². The second kappa shape index (κ2) is 6.06. The molecule has 1 aromatic heterocycles. The number of aryl methyl sites for hydroxylation is 2. The second-order valence-corrected chi connectivity index (χ2v) is 5.62. The molecule has 0 saturated carbocycles. The van der Waals surface area contributed by atoms with Gasteiger partial charge in [0.2, 0.25) is 0 Å². The molecule has 0 unspecified atom stereocenters. The molecule has 3 aromatic rings. The Kier molecular flexibility index (Phi) is 3.96. The third-order valence-corrected chi connectivity index (χ3v) is 3.96. The van der Waals surface area contributed by atoms with E-state index in [1.807, 2.05) is 22.9 Å². The van der Waals surface area contributed by atoms with E-state index in [1.54, 1.807) is 0 Å². The van der Waals surface area contributed by atoms with Gasteiger partial charge in [0, 0.05) is 23.5 Å². The van der Waals surface area contributed by atoms with Gasteiger partial charge in [-0.2, -0.15) is 5.10 Å². The van der Waals surface area contributed by atoms with Crippen LogP contribution in [-0.4, -0.2) is 9.78 Å². The summed E-state index contributed by atoms with van der Waals surface area (Å²) in [6.07, 6.45) is 0. The normalized spacial score (nSPS) is 10.7. The zero-order valence-electron chi connectivity index (χ0n) is 13.3. The molecule has 2 aromatic carbocycles. The van der Waals surface area contributed by atoms with Crippen molar-refractivity contribution in [2.45, 2.75) is 27.3 Å². The molecule has 0 aliphatic carbocycles. The van der Waals surface area contributed by atoms with Crippen molar-refractivity contribution in [1.29, 1.82) is 0 Å². The Bertz CT molecular complexity index is 755. The van der Waals surface area contributed by atoms with Crippen LogP contribution in [0.4, 0.5) is 5.69 Å². The zero-order chi connectivity index (χ0) is 15.5. The van der Waals surface area contributed by atoms with Gasteiger partial charge in [-0.25, -0.2) is 4.68 Å². The molecule has 3 rings (SSSR count). The summed E-state index contributed by atoms with van der Waals surface area (Å²) in [5.74, 6) is 0. The molecule has 0 aliphatic heterocycles. The third kappa shape index (κ3) is 2.89. The number of hydrogen-bond donors (Lipinski definition) is 1. The second-order valence-electron chi connectivity index (χ2n) is 5.62. The van der Waals surface area contributed by atoms with Crippen molar-refractivity contribution in [2.75, 3.05) is 5.32 Å². The maximum Gasteiger partial charge on any atom is 0.0650 e. The van der Waals surface area contributed by atoms with Gasteiger partial charge in [0.25, 0.3) is 0 Å². The Morgan fingerprint density at radius 1 is 0.909 bits per heavy atom. The summed E-state index contributed by atoms with van der Waals surface area (Å²) in [5, 5.41) is 8.16. The molecule has 3 nitrogen and oxygen atoms in total. The third-order valence-electron chi connectivity index (χ3n) is 3.96. The highest BCUT2D eigenvalue weighted by Crippen LogP contribution is 2.19. The summed E-state index contributed by atoms with van der Waals surface area (Å²) in [5.41, 5.74) is 7.02. The van der Waals surface area contributed by atoms with E-state index in [1.165, 1.54) is 16.8 Å². The van der Waals surface area contributed by atoms with Gasteiger partial charge >= 0.3 is 0 Å². The molecule has 0 spiro atoms. The van der Waals surface area contributed by atoms with Crippen molar-refractivity contribution in [2.24, 2.45) is 0 Å². The Labute approximate surface area is 131 Å². The monoisotopic (exact) mass is 291 g/mol.